The molecular weight excluding hydrogens is 422 g/mol. The highest BCUT2D eigenvalue weighted by Gasteiger charge is 2.22. The molecule has 30 heavy (non-hydrogen) atoms. The quantitative estimate of drug-likeness (QED) is 0.550. The van der Waals surface area contributed by atoms with Crippen molar-refractivity contribution in [2.24, 2.45) is 0 Å². The van der Waals surface area contributed by atoms with E-state index in [0.717, 1.165) is 48.6 Å². The molecule has 0 saturated carbocycles. The fourth-order valence-corrected chi connectivity index (χ4v) is 4.56. The number of morpholine rings is 1. The zero-order valence-electron chi connectivity index (χ0n) is 16.8. The second kappa shape index (κ2) is 9.75. The van der Waals surface area contributed by atoms with Gasteiger partial charge in [0, 0.05) is 31.2 Å². The zero-order chi connectivity index (χ0) is 20.9. The first-order valence-electron chi connectivity index (χ1n) is 9.96. The minimum absolute atomic E-state index is 0.0389. The smallest absolute Gasteiger partial charge is 0.266 e. The van der Waals surface area contributed by atoms with Gasteiger partial charge in [0.25, 0.3) is 5.91 Å². The van der Waals surface area contributed by atoms with Crippen molar-refractivity contribution in [1.29, 1.82) is 0 Å². The van der Waals surface area contributed by atoms with E-state index in [1.807, 2.05) is 49.4 Å². The second-order valence-electron chi connectivity index (χ2n) is 7.12. The van der Waals surface area contributed by atoms with E-state index in [4.69, 9.17) is 26.1 Å². The first kappa shape index (κ1) is 21.1. The molecule has 1 amide bonds. The van der Waals surface area contributed by atoms with Gasteiger partial charge in [-0.25, -0.2) is 4.98 Å². The molecule has 0 aliphatic carbocycles. The first-order chi connectivity index (χ1) is 14.6. The molecule has 0 unspecified atom stereocenters. The van der Waals surface area contributed by atoms with Crippen LogP contribution in [0.1, 0.15) is 5.56 Å². The molecule has 0 N–H and O–H groups in total. The minimum atomic E-state index is -0.116. The zero-order valence-corrected chi connectivity index (χ0v) is 18.4. The normalized spacial score (nSPS) is 14.7. The van der Waals surface area contributed by atoms with Gasteiger partial charge in [-0.3, -0.25) is 14.6 Å². The van der Waals surface area contributed by atoms with Crippen LogP contribution in [0.15, 0.2) is 42.5 Å². The molecule has 4 rings (SSSR count). The summed E-state index contributed by atoms with van der Waals surface area (Å²) in [7, 11) is 0. The topological polar surface area (TPSA) is 54.9 Å². The molecule has 2 heterocycles. The van der Waals surface area contributed by atoms with Crippen LogP contribution >= 0.6 is 22.9 Å². The summed E-state index contributed by atoms with van der Waals surface area (Å²) < 4.78 is 12.1. The van der Waals surface area contributed by atoms with Crippen molar-refractivity contribution in [3.8, 4) is 5.75 Å². The summed E-state index contributed by atoms with van der Waals surface area (Å²) in [6.07, 6.45) is 0. The van der Waals surface area contributed by atoms with Gasteiger partial charge in [0.1, 0.15) is 5.75 Å². The molecule has 0 radical (unpaired) electrons. The standard InChI is InChI=1S/C22H24ClN3O3S/c1-16-18(23)7-8-19-21(16)24-22(30-19)26(10-9-25-11-13-28-14-12-25)20(27)15-29-17-5-3-2-4-6-17/h2-8H,9-15H2,1H3. The molecule has 158 valence electrons. The van der Waals surface area contributed by atoms with Crippen LogP contribution in [0.4, 0.5) is 5.13 Å². The maximum atomic E-state index is 13.1. The van der Waals surface area contributed by atoms with Gasteiger partial charge in [0.15, 0.2) is 11.7 Å². The van der Waals surface area contributed by atoms with Crippen molar-refractivity contribution >= 4 is 44.2 Å². The Labute approximate surface area is 185 Å². The summed E-state index contributed by atoms with van der Waals surface area (Å²) in [5, 5.41) is 1.35. The molecule has 0 atom stereocenters. The van der Waals surface area contributed by atoms with Gasteiger partial charge < -0.3 is 9.47 Å². The van der Waals surface area contributed by atoms with E-state index < -0.39 is 0 Å². The van der Waals surface area contributed by atoms with Crippen LogP contribution in [0, 0.1) is 6.92 Å². The van der Waals surface area contributed by atoms with E-state index in [1.54, 1.807) is 4.90 Å². The number of benzene rings is 2. The second-order valence-corrected chi connectivity index (χ2v) is 8.53. The van der Waals surface area contributed by atoms with Crippen LogP contribution in [0.25, 0.3) is 10.2 Å². The number of hydrogen-bond acceptors (Lipinski definition) is 6. The molecule has 1 aromatic heterocycles. The summed E-state index contributed by atoms with van der Waals surface area (Å²) in [5.41, 5.74) is 1.77. The van der Waals surface area contributed by atoms with E-state index in [9.17, 15) is 4.79 Å². The monoisotopic (exact) mass is 445 g/mol. The molecular formula is C22H24ClN3O3S. The molecule has 1 saturated heterocycles. The van der Waals surface area contributed by atoms with Gasteiger partial charge >= 0.3 is 0 Å². The van der Waals surface area contributed by atoms with Crippen LogP contribution in [-0.4, -0.2) is 61.8 Å². The predicted octanol–water partition coefficient (Wildman–Crippen LogP) is 4.00. The number of aromatic nitrogens is 1. The predicted molar refractivity (Wildman–Crippen MR) is 121 cm³/mol. The number of hydrogen-bond donors (Lipinski definition) is 0. The third kappa shape index (κ3) is 4.92. The molecule has 1 aliphatic heterocycles. The highest BCUT2D eigenvalue weighted by atomic mass is 35.5. The molecule has 0 bridgehead atoms. The van der Waals surface area contributed by atoms with E-state index in [1.165, 1.54) is 11.3 Å². The molecule has 0 spiro atoms. The third-order valence-corrected chi connectivity index (χ3v) is 6.57. The lowest BCUT2D eigenvalue weighted by Gasteiger charge is -2.29. The van der Waals surface area contributed by atoms with Crippen molar-refractivity contribution in [3.05, 3.63) is 53.1 Å². The number of thiazole rings is 1. The van der Waals surface area contributed by atoms with Crippen LogP contribution in [0.5, 0.6) is 5.75 Å². The number of anilines is 1. The number of nitrogens with zero attached hydrogens (tertiary/aromatic N) is 3. The van der Waals surface area contributed by atoms with Crippen LogP contribution in [-0.2, 0) is 9.53 Å². The Morgan fingerprint density at radius 2 is 2.00 bits per heavy atom. The summed E-state index contributed by atoms with van der Waals surface area (Å²) in [4.78, 5) is 21.9. The molecule has 1 aliphatic rings. The number of carbonyl (C=O) groups excluding carboxylic acids is 1. The molecule has 2 aromatic carbocycles. The highest BCUT2D eigenvalue weighted by molar-refractivity contribution is 7.22. The van der Waals surface area contributed by atoms with Crippen molar-refractivity contribution < 1.29 is 14.3 Å². The van der Waals surface area contributed by atoms with Gasteiger partial charge in [0.05, 0.1) is 23.4 Å². The third-order valence-electron chi connectivity index (χ3n) is 5.12. The highest BCUT2D eigenvalue weighted by Crippen LogP contribution is 2.33. The van der Waals surface area contributed by atoms with E-state index >= 15 is 0 Å². The van der Waals surface area contributed by atoms with E-state index in [-0.39, 0.29) is 12.5 Å². The maximum absolute atomic E-state index is 13.1. The lowest BCUT2D eigenvalue weighted by Crippen LogP contribution is -2.44. The van der Waals surface area contributed by atoms with E-state index in [2.05, 4.69) is 4.90 Å². The number of halogens is 1. The van der Waals surface area contributed by atoms with Crippen molar-refractivity contribution in [1.82, 2.24) is 9.88 Å². The van der Waals surface area contributed by atoms with Crippen molar-refractivity contribution in [3.63, 3.8) is 0 Å². The molecule has 8 heteroatoms. The Kier molecular flexibility index (Phi) is 6.84. The molecule has 3 aromatic rings. The Morgan fingerprint density at radius 3 is 2.77 bits per heavy atom. The number of carbonyl (C=O) groups is 1. The SMILES string of the molecule is Cc1c(Cl)ccc2sc(N(CCN3CCOCC3)C(=O)COc3ccccc3)nc12. The lowest BCUT2D eigenvalue weighted by molar-refractivity contribution is -0.120. The van der Waals surface area contributed by atoms with Gasteiger partial charge in [-0.1, -0.05) is 41.1 Å². The van der Waals surface area contributed by atoms with Gasteiger partial charge in [-0.15, -0.1) is 0 Å². The number of fused-ring (bicyclic) bond motifs is 1. The van der Waals surface area contributed by atoms with Gasteiger partial charge in [0.2, 0.25) is 0 Å². The van der Waals surface area contributed by atoms with Crippen LogP contribution in [0.2, 0.25) is 5.02 Å². The number of aryl methyl sites for hydroxylation is 1. The van der Waals surface area contributed by atoms with Gasteiger partial charge in [-0.2, -0.15) is 0 Å². The molecule has 6 nitrogen and oxygen atoms in total. The fourth-order valence-electron chi connectivity index (χ4n) is 3.34. The van der Waals surface area contributed by atoms with Crippen molar-refractivity contribution in [2.45, 2.75) is 6.92 Å². The van der Waals surface area contributed by atoms with Crippen LogP contribution < -0.4 is 9.64 Å². The Balaban J connectivity index is 1.54. The van der Waals surface area contributed by atoms with Gasteiger partial charge in [-0.05, 0) is 36.8 Å². The summed E-state index contributed by atoms with van der Waals surface area (Å²) in [5.74, 6) is 0.556. The number of amides is 1. The Bertz CT molecular complexity index is 1010. The maximum Gasteiger partial charge on any atom is 0.266 e. The average molecular weight is 446 g/mol. The minimum Gasteiger partial charge on any atom is -0.484 e. The molecule has 1 fully saturated rings. The first-order valence-corrected chi connectivity index (χ1v) is 11.2. The summed E-state index contributed by atoms with van der Waals surface area (Å²) >= 11 is 7.77. The van der Waals surface area contributed by atoms with Crippen molar-refractivity contribution in [2.75, 3.05) is 50.9 Å². The summed E-state index contributed by atoms with van der Waals surface area (Å²) in [6.45, 7) is 6.41. The number of ether oxygens (including phenoxy) is 2. The number of rotatable bonds is 7. The number of para-hydroxylation sites is 1. The van der Waals surface area contributed by atoms with E-state index in [0.29, 0.717) is 22.4 Å². The fraction of sp³-hybridized carbons (Fsp3) is 0.364. The average Bonchev–Trinajstić information content (AvgIpc) is 3.21. The Hall–Kier alpha value is -2.19. The largest absolute Gasteiger partial charge is 0.484 e. The Morgan fingerprint density at radius 1 is 1.23 bits per heavy atom. The van der Waals surface area contributed by atoms with Crippen LogP contribution in [0.3, 0.4) is 0 Å². The lowest BCUT2D eigenvalue weighted by atomic mass is 10.2. The summed E-state index contributed by atoms with van der Waals surface area (Å²) in [6, 6.07) is 13.2.